The van der Waals surface area contributed by atoms with Crippen LogP contribution in [0, 0.1) is 37.5 Å². The lowest BCUT2D eigenvalue weighted by Crippen LogP contribution is -2.37. The summed E-state index contributed by atoms with van der Waals surface area (Å²) in [5.41, 5.74) is 1.62. The van der Waals surface area contributed by atoms with E-state index in [2.05, 4.69) is 17.3 Å². The lowest BCUT2D eigenvalue weighted by molar-refractivity contribution is -0.150. The number of aryl methyl sites for hydroxylation is 2. The molecule has 1 saturated carbocycles. The van der Waals surface area contributed by atoms with E-state index >= 15 is 0 Å². The molecule has 0 aliphatic heterocycles. The molecule has 0 N–H and O–H groups in total. The molecule has 112 valence electrons. The molecule has 1 heterocycles. The van der Waals surface area contributed by atoms with Crippen LogP contribution in [0.4, 0.5) is 0 Å². The molecule has 1 fully saturated rings. The summed E-state index contributed by atoms with van der Waals surface area (Å²) in [6.45, 7) is 5.86. The van der Waals surface area contributed by atoms with Crippen molar-refractivity contribution in [2.24, 2.45) is 23.7 Å². The molecule has 5 heteroatoms. The summed E-state index contributed by atoms with van der Waals surface area (Å²) in [4.78, 5) is 25.1. The monoisotopic (exact) mass is 288 g/mol. The lowest BCUT2D eigenvalue weighted by Gasteiger charge is -2.25. The van der Waals surface area contributed by atoms with Gasteiger partial charge in [-0.15, -0.1) is 0 Å². The van der Waals surface area contributed by atoms with Crippen molar-refractivity contribution in [3.05, 3.63) is 29.6 Å². The molecule has 3 rings (SSSR count). The van der Waals surface area contributed by atoms with Crippen molar-refractivity contribution < 1.29 is 14.3 Å². The SMILES string of the molecule is CCOC(=O)C1C2C=CC(C2)C1C(=O)n1nc(C)cc1C. The average molecular weight is 288 g/mol. The van der Waals surface area contributed by atoms with Gasteiger partial charge < -0.3 is 4.74 Å². The number of carbonyl (C=O) groups is 2. The van der Waals surface area contributed by atoms with E-state index < -0.39 is 0 Å². The van der Waals surface area contributed by atoms with E-state index in [-0.39, 0.29) is 35.5 Å². The van der Waals surface area contributed by atoms with Crippen LogP contribution in [0.25, 0.3) is 0 Å². The number of ether oxygens (including phenoxy) is 1. The van der Waals surface area contributed by atoms with Crippen molar-refractivity contribution in [3.8, 4) is 0 Å². The Hall–Kier alpha value is -1.91. The van der Waals surface area contributed by atoms with Gasteiger partial charge in [-0.25, -0.2) is 4.68 Å². The molecular formula is C16H20N2O3. The van der Waals surface area contributed by atoms with Crippen LogP contribution in [-0.4, -0.2) is 28.3 Å². The molecule has 2 aliphatic rings. The maximum atomic E-state index is 12.8. The van der Waals surface area contributed by atoms with Crippen LogP contribution in [0.2, 0.25) is 0 Å². The highest BCUT2D eigenvalue weighted by Gasteiger charge is 2.52. The molecule has 5 nitrogen and oxygen atoms in total. The molecule has 0 saturated heterocycles. The Labute approximate surface area is 124 Å². The molecule has 0 amide bonds. The van der Waals surface area contributed by atoms with Gasteiger partial charge in [0, 0.05) is 5.69 Å². The Bertz CT molecular complexity index is 617. The summed E-state index contributed by atoms with van der Waals surface area (Å²) in [5, 5.41) is 4.27. The van der Waals surface area contributed by atoms with Crippen LogP contribution in [0.1, 0.15) is 29.5 Å². The zero-order valence-corrected chi connectivity index (χ0v) is 12.6. The van der Waals surface area contributed by atoms with Crippen molar-refractivity contribution in [1.29, 1.82) is 0 Å². The molecule has 21 heavy (non-hydrogen) atoms. The van der Waals surface area contributed by atoms with E-state index in [1.165, 1.54) is 4.68 Å². The first-order chi connectivity index (χ1) is 10.0. The van der Waals surface area contributed by atoms with Gasteiger partial charge in [0.05, 0.1) is 24.1 Å². The Morgan fingerprint density at radius 1 is 1.29 bits per heavy atom. The van der Waals surface area contributed by atoms with Gasteiger partial charge in [0.25, 0.3) is 5.91 Å². The van der Waals surface area contributed by atoms with Crippen LogP contribution in [0.3, 0.4) is 0 Å². The minimum Gasteiger partial charge on any atom is -0.466 e. The van der Waals surface area contributed by atoms with Gasteiger partial charge in [-0.2, -0.15) is 5.10 Å². The van der Waals surface area contributed by atoms with Gasteiger partial charge in [0.15, 0.2) is 0 Å². The third-order valence-corrected chi connectivity index (χ3v) is 4.52. The fourth-order valence-electron chi connectivity index (χ4n) is 3.71. The molecule has 4 atom stereocenters. The van der Waals surface area contributed by atoms with Crippen LogP contribution >= 0.6 is 0 Å². The average Bonchev–Trinajstić information content (AvgIpc) is 3.11. The number of rotatable bonds is 3. The summed E-state index contributed by atoms with van der Waals surface area (Å²) in [6.07, 6.45) is 4.98. The van der Waals surface area contributed by atoms with Crippen LogP contribution in [-0.2, 0) is 9.53 Å². The summed E-state index contributed by atoms with van der Waals surface area (Å²) in [7, 11) is 0. The highest BCUT2D eigenvalue weighted by molar-refractivity contribution is 5.89. The first-order valence-corrected chi connectivity index (χ1v) is 7.45. The standard InChI is InChI=1S/C16H20N2O3/c1-4-21-16(20)14-12-6-5-11(8-12)13(14)15(19)18-10(3)7-9(2)17-18/h5-7,11-14H,4,8H2,1-3H3. The number of carbonyl (C=O) groups excluding carboxylic acids is 2. The zero-order valence-electron chi connectivity index (χ0n) is 12.6. The quantitative estimate of drug-likeness (QED) is 0.631. The molecule has 1 aromatic rings. The van der Waals surface area contributed by atoms with Gasteiger partial charge in [0.2, 0.25) is 0 Å². The Morgan fingerprint density at radius 3 is 2.52 bits per heavy atom. The van der Waals surface area contributed by atoms with E-state index in [4.69, 9.17) is 4.74 Å². The fourth-order valence-corrected chi connectivity index (χ4v) is 3.71. The van der Waals surface area contributed by atoms with Crippen molar-refractivity contribution in [1.82, 2.24) is 9.78 Å². The maximum absolute atomic E-state index is 12.8. The van der Waals surface area contributed by atoms with Crippen molar-refractivity contribution in [2.75, 3.05) is 6.61 Å². The number of esters is 1. The number of hydrogen-bond donors (Lipinski definition) is 0. The van der Waals surface area contributed by atoms with Gasteiger partial charge in [0.1, 0.15) is 0 Å². The maximum Gasteiger partial charge on any atom is 0.310 e. The fraction of sp³-hybridized carbons (Fsp3) is 0.562. The largest absolute Gasteiger partial charge is 0.466 e. The van der Waals surface area contributed by atoms with Gasteiger partial charge in [-0.3, -0.25) is 9.59 Å². The molecule has 2 aliphatic carbocycles. The molecule has 0 radical (unpaired) electrons. The third-order valence-electron chi connectivity index (χ3n) is 4.52. The highest BCUT2D eigenvalue weighted by Crippen LogP contribution is 2.49. The van der Waals surface area contributed by atoms with E-state index in [9.17, 15) is 9.59 Å². The highest BCUT2D eigenvalue weighted by atomic mass is 16.5. The van der Waals surface area contributed by atoms with E-state index in [1.54, 1.807) is 6.92 Å². The Morgan fingerprint density at radius 2 is 1.95 bits per heavy atom. The summed E-state index contributed by atoms with van der Waals surface area (Å²) in [6, 6.07) is 1.88. The van der Waals surface area contributed by atoms with Gasteiger partial charge >= 0.3 is 5.97 Å². The number of fused-ring (bicyclic) bond motifs is 2. The topological polar surface area (TPSA) is 61.2 Å². The smallest absolute Gasteiger partial charge is 0.310 e. The van der Waals surface area contributed by atoms with Crippen molar-refractivity contribution in [2.45, 2.75) is 27.2 Å². The van der Waals surface area contributed by atoms with E-state index in [0.717, 1.165) is 17.8 Å². The van der Waals surface area contributed by atoms with Crippen LogP contribution in [0.5, 0.6) is 0 Å². The van der Waals surface area contributed by atoms with Gasteiger partial charge in [-0.1, -0.05) is 12.2 Å². The second-order valence-electron chi connectivity index (χ2n) is 5.93. The third kappa shape index (κ3) is 2.20. The molecule has 0 aromatic carbocycles. The summed E-state index contributed by atoms with van der Waals surface area (Å²) >= 11 is 0. The molecule has 4 unspecified atom stereocenters. The Balaban J connectivity index is 1.92. The normalized spacial score (nSPS) is 29.9. The summed E-state index contributed by atoms with van der Waals surface area (Å²) < 4.78 is 6.62. The lowest BCUT2D eigenvalue weighted by atomic mass is 9.82. The van der Waals surface area contributed by atoms with E-state index in [1.807, 2.05) is 19.9 Å². The molecule has 2 bridgehead atoms. The first kappa shape index (κ1) is 14.0. The molecule has 0 spiro atoms. The predicted molar refractivity (Wildman–Crippen MR) is 76.7 cm³/mol. The summed E-state index contributed by atoms with van der Waals surface area (Å²) in [5.74, 6) is -0.807. The van der Waals surface area contributed by atoms with Gasteiger partial charge in [-0.05, 0) is 45.1 Å². The number of hydrogen-bond acceptors (Lipinski definition) is 4. The number of nitrogens with zero attached hydrogens (tertiary/aromatic N) is 2. The van der Waals surface area contributed by atoms with E-state index in [0.29, 0.717) is 6.61 Å². The van der Waals surface area contributed by atoms with Crippen LogP contribution < -0.4 is 0 Å². The van der Waals surface area contributed by atoms with Crippen molar-refractivity contribution >= 4 is 11.9 Å². The van der Waals surface area contributed by atoms with Crippen molar-refractivity contribution in [3.63, 3.8) is 0 Å². The number of aromatic nitrogens is 2. The van der Waals surface area contributed by atoms with Crippen LogP contribution in [0.15, 0.2) is 18.2 Å². The predicted octanol–water partition coefficient (Wildman–Crippen LogP) is 2.14. The Kier molecular flexibility index (Phi) is 3.43. The zero-order chi connectivity index (χ0) is 15.1. The second-order valence-corrected chi connectivity index (χ2v) is 5.93. The minimum absolute atomic E-state index is 0.0875. The number of allylic oxidation sites excluding steroid dienone is 2. The molecular weight excluding hydrogens is 268 g/mol. The minimum atomic E-state index is -0.364. The first-order valence-electron chi connectivity index (χ1n) is 7.45. The molecule has 1 aromatic heterocycles. The second kappa shape index (κ2) is 5.13.